The minimum Gasteiger partial charge on any atom is -0.480 e. The Morgan fingerprint density at radius 1 is 1.22 bits per heavy atom. The fourth-order valence-corrected chi connectivity index (χ4v) is 3.69. The Morgan fingerprint density at radius 2 is 1.89 bits per heavy atom. The maximum Gasteiger partial charge on any atom is 0.320 e. The summed E-state index contributed by atoms with van der Waals surface area (Å²) in [5.41, 5.74) is 0. The van der Waals surface area contributed by atoms with Crippen LogP contribution in [0.3, 0.4) is 0 Å². The number of hydrogen-bond donors (Lipinski definition) is 1. The molecule has 1 atom stereocenters. The van der Waals surface area contributed by atoms with Crippen LogP contribution in [-0.2, 0) is 4.79 Å². The Hall–Kier alpha value is -0.570. The lowest BCUT2D eigenvalue weighted by Gasteiger charge is -2.34. The molecule has 0 aromatic heterocycles. The molecule has 0 aromatic carbocycles. The minimum atomic E-state index is -0.622. The molecular weight excluding hydrogens is 226 g/mol. The smallest absolute Gasteiger partial charge is 0.320 e. The summed E-state index contributed by atoms with van der Waals surface area (Å²) in [4.78, 5) is 13.4. The quantitative estimate of drug-likeness (QED) is 0.837. The Kier molecular flexibility index (Phi) is 4.66. The molecule has 0 amide bonds. The van der Waals surface area contributed by atoms with E-state index in [1.807, 2.05) is 0 Å². The van der Waals surface area contributed by atoms with Crippen molar-refractivity contribution in [2.75, 3.05) is 13.1 Å². The molecule has 1 aliphatic heterocycles. The molecule has 1 aliphatic carbocycles. The maximum absolute atomic E-state index is 11.2. The summed E-state index contributed by atoms with van der Waals surface area (Å²) in [7, 11) is 0. The van der Waals surface area contributed by atoms with E-state index in [1.165, 1.54) is 25.7 Å². The highest BCUT2D eigenvalue weighted by Gasteiger charge is 2.33. The van der Waals surface area contributed by atoms with Crippen LogP contribution in [0.15, 0.2) is 0 Å². The van der Waals surface area contributed by atoms with Crippen molar-refractivity contribution in [1.82, 2.24) is 4.90 Å². The number of rotatable bonds is 4. The molecule has 1 N–H and O–H groups in total. The molecule has 0 radical (unpaired) electrons. The summed E-state index contributed by atoms with van der Waals surface area (Å²) < 4.78 is 0. The molecule has 3 heteroatoms. The van der Waals surface area contributed by atoms with Gasteiger partial charge in [-0.05, 0) is 62.8 Å². The van der Waals surface area contributed by atoms with Gasteiger partial charge in [-0.15, -0.1) is 0 Å². The van der Waals surface area contributed by atoms with Crippen molar-refractivity contribution in [3.63, 3.8) is 0 Å². The molecule has 0 aromatic rings. The topological polar surface area (TPSA) is 40.5 Å². The van der Waals surface area contributed by atoms with Crippen LogP contribution in [0.2, 0.25) is 0 Å². The van der Waals surface area contributed by atoms with Gasteiger partial charge >= 0.3 is 5.97 Å². The monoisotopic (exact) mass is 253 g/mol. The van der Waals surface area contributed by atoms with Gasteiger partial charge in [0.2, 0.25) is 0 Å². The van der Waals surface area contributed by atoms with Gasteiger partial charge in [-0.3, -0.25) is 9.69 Å². The fraction of sp³-hybridized carbons (Fsp3) is 0.933. The van der Waals surface area contributed by atoms with Crippen molar-refractivity contribution in [3.05, 3.63) is 0 Å². The predicted octanol–water partition coefficient (Wildman–Crippen LogP) is 3.00. The molecule has 0 spiro atoms. The first kappa shape index (κ1) is 13.9. The van der Waals surface area contributed by atoms with Gasteiger partial charge in [-0.25, -0.2) is 0 Å². The summed E-state index contributed by atoms with van der Waals surface area (Å²) >= 11 is 0. The predicted molar refractivity (Wildman–Crippen MR) is 72.5 cm³/mol. The van der Waals surface area contributed by atoms with Crippen LogP contribution in [0, 0.1) is 17.8 Å². The average Bonchev–Trinajstić information content (AvgIpc) is 2.78. The molecule has 3 nitrogen and oxygen atoms in total. The summed E-state index contributed by atoms with van der Waals surface area (Å²) in [6.45, 7) is 6.65. The molecule has 0 bridgehead atoms. The van der Waals surface area contributed by atoms with E-state index >= 15 is 0 Å². The third-order valence-electron chi connectivity index (χ3n) is 4.98. The van der Waals surface area contributed by atoms with E-state index in [0.717, 1.165) is 43.7 Å². The molecular formula is C15H27NO2. The van der Waals surface area contributed by atoms with Crippen molar-refractivity contribution in [3.8, 4) is 0 Å². The van der Waals surface area contributed by atoms with Crippen LogP contribution < -0.4 is 0 Å². The highest BCUT2D eigenvalue weighted by molar-refractivity contribution is 5.73. The SMILES string of the molecule is CC(C)C1CCC(CN2CCC[C@H]2C(=O)O)CC1. The molecule has 2 aliphatic rings. The van der Waals surface area contributed by atoms with E-state index in [1.54, 1.807) is 0 Å². The molecule has 1 saturated heterocycles. The maximum atomic E-state index is 11.2. The second kappa shape index (κ2) is 6.05. The fourth-order valence-electron chi connectivity index (χ4n) is 3.69. The zero-order chi connectivity index (χ0) is 13.1. The van der Waals surface area contributed by atoms with Crippen LogP contribution in [0.4, 0.5) is 0 Å². The van der Waals surface area contributed by atoms with Gasteiger partial charge in [-0.2, -0.15) is 0 Å². The Morgan fingerprint density at radius 3 is 2.44 bits per heavy atom. The number of carboxylic acids is 1. The first-order valence-electron chi connectivity index (χ1n) is 7.54. The third kappa shape index (κ3) is 3.25. The largest absolute Gasteiger partial charge is 0.480 e. The molecule has 1 saturated carbocycles. The Balaban J connectivity index is 1.79. The Labute approximate surface area is 111 Å². The van der Waals surface area contributed by atoms with Crippen molar-refractivity contribution >= 4 is 5.97 Å². The summed E-state index contributed by atoms with van der Waals surface area (Å²) in [6.07, 6.45) is 7.17. The van der Waals surface area contributed by atoms with E-state index in [9.17, 15) is 9.90 Å². The zero-order valence-corrected chi connectivity index (χ0v) is 11.8. The van der Waals surface area contributed by atoms with Crippen molar-refractivity contribution in [2.45, 2.75) is 58.4 Å². The van der Waals surface area contributed by atoms with E-state index in [4.69, 9.17) is 0 Å². The van der Waals surface area contributed by atoms with Gasteiger partial charge in [0.05, 0.1) is 0 Å². The number of carboxylic acid groups (broad SMARTS) is 1. The van der Waals surface area contributed by atoms with Gasteiger partial charge < -0.3 is 5.11 Å². The second-order valence-corrected chi connectivity index (χ2v) is 6.52. The molecule has 18 heavy (non-hydrogen) atoms. The van der Waals surface area contributed by atoms with Crippen LogP contribution in [0.5, 0.6) is 0 Å². The summed E-state index contributed by atoms with van der Waals surface area (Å²) in [6, 6.07) is -0.201. The van der Waals surface area contributed by atoms with Gasteiger partial charge in [-0.1, -0.05) is 13.8 Å². The van der Waals surface area contributed by atoms with Crippen LogP contribution in [-0.4, -0.2) is 35.1 Å². The van der Waals surface area contributed by atoms with Gasteiger partial charge in [0.15, 0.2) is 0 Å². The first-order chi connectivity index (χ1) is 8.58. The number of hydrogen-bond acceptors (Lipinski definition) is 2. The second-order valence-electron chi connectivity index (χ2n) is 6.52. The van der Waals surface area contributed by atoms with Crippen molar-refractivity contribution in [2.24, 2.45) is 17.8 Å². The normalized spacial score (nSPS) is 34.1. The van der Waals surface area contributed by atoms with Crippen molar-refractivity contribution < 1.29 is 9.90 Å². The van der Waals surface area contributed by atoms with Gasteiger partial charge in [0.1, 0.15) is 6.04 Å². The summed E-state index contributed by atoms with van der Waals surface area (Å²) in [5.74, 6) is 1.82. The Bertz CT molecular complexity index is 282. The van der Waals surface area contributed by atoms with Gasteiger partial charge in [0.25, 0.3) is 0 Å². The van der Waals surface area contributed by atoms with Crippen LogP contribution in [0.25, 0.3) is 0 Å². The molecule has 2 fully saturated rings. The van der Waals surface area contributed by atoms with E-state index in [2.05, 4.69) is 18.7 Å². The number of nitrogens with zero attached hydrogens (tertiary/aromatic N) is 1. The average molecular weight is 253 g/mol. The molecule has 104 valence electrons. The lowest BCUT2D eigenvalue weighted by molar-refractivity contribution is -0.142. The number of aliphatic carboxylic acids is 1. The van der Waals surface area contributed by atoms with Crippen LogP contribution >= 0.6 is 0 Å². The third-order valence-corrected chi connectivity index (χ3v) is 4.98. The van der Waals surface area contributed by atoms with E-state index in [-0.39, 0.29) is 6.04 Å². The number of likely N-dealkylation sites (tertiary alicyclic amines) is 1. The van der Waals surface area contributed by atoms with E-state index < -0.39 is 5.97 Å². The first-order valence-corrected chi connectivity index (χ1v) is 7.54. The highest BCUT2D eigenvalue weighted by Crippen LogP contribution is 2.34. The minimum absolute atomic E-state index is 0.201. The molecule has 1 heterocycles. The molecule has 0 unspecified atom stereocenters. The zero-order valence-electron chi connectivity index (χ0n) is 11.8. The highest BCUT2D eigenvalue weighted by atomic mass is 16.4. The van der Waals surface area contributed by atoms with Gasteiger partial charge in [0, 0.05) is 6.54 Å². The lowest BCUT2D eigenvalue weighted by atomic mass is 9.77. The number of carbonyl (C=O) groups is 1. The summed E-state index contributed by atoms with van der Waals surface area (Å²) in [5, 5.41) is 9.19. The molecule has 2 rings (SSSR count). The van der Waals surface area contributed by atoms with Crippen molar-refractivity contribution in [1.29, 1.82) is 0 Å². The van der Waals surface area contributed by atoms with E-state index in [0.29, 0.717) is 0 Å². The lowest BCUT2D eigenvalue weighted by Crippen LogP contribution is -2.39. The standard InChI is InChI=1S/C15H27NO2/c1-11(2)13-7-5-12(6-8-13)10-16-9-3-4-14(16)15(17)18/h11-14H,3-10H2,1-2H3,(H,17,18)/t12?,13?,14-/m0/s1. The van der Waals surface area contributed by atoms with Crippen LogP contribution in [0.1, 0.15) is 52.4 Å².